The molecule has 0 unspecified atom stereocenters. The first kappa shape index (κ1) is 29.2. The second-order valence-corrected chi connectivity index (χ2v) is 9.26. The van der Waals surface area contributed by atoms with Crippen LogP contribution in [0.2, 0.25) is 0 Å². The predicted molar refractivity (Wildman–Crippen MR) is 133 cm³/mol. The highest BCUT2D eigenvalue weighted by Crippen LogP contribution is 2.14. The molecule has 0 saturated carbocycles. The van der Waals surface area contributed by atoms with Gasteiger partial charge in [-0.25, -0.2) is 0 Å². The highest BCUT2D eigenvalue weighted by atomic mass is 16.4. The molecule has 0 saturated heterocycles. The van der Waals surface area contributed by atoms with Crippen molar-refractivity contribution in [2.75, 3.05) is 0 Å². The molecule has 0 aliphatic heterocycles. The SMILES string of the molecule is CCCCCCCCCCCCCCCCC/C=C/CCCCCCCCC(=O)O. The molecule has 2 nitrogen and oxygen atoms in total. The van der Waals surface area contributed by atoms with Gasteiger partial charge in [0, 0.05) is 6.42 Å². The Hall–Kier alpha value is -0.790. The smallest absolute Gasteiger partial charge is 0.303 e. The van der Waals surface area contributed by atoms with E-state index in [0.717, 1.165) is 12.8 Å². The number of carboxylic acids is 1. The summed E-state index contributed by atoms with van der Waals surface area (Å²) in [5.74, 6) is -0.658. The summed E-state index contributed by atoms with van der Waals surface area (Å²) in [6.45, 7) is 2.29. The Labute approximate surface area is 189 Å². The summed E-state index contributed by atoms with van der Waals surface area (Å²) in [7, 11) is 0. The lowest BCUT2D eigenvalue weighted by Gasteiger charge is -2.03. The first-order valence-corrected chi connectivity index (χ1v) is 13.6. The maximum Gasteiger partial charge on any atom is 0.303 e. The molecule has 0 aromatic carbocycles. The zero-order valence-electron chi connectivity index (χ0n) is 20.5. The van der Waals surface area contributed by atoms with Gasteiger partial charge in [-0.3, -0.25) is 4.79 Å². The lowest BCUT2D eigenvalue weighted by Crippen LogP contribution is -1.93. The molecule has 0 aliphatic carbocycles. The number of rotatable bonds is 25. The average molecular weight is 423 g/mol. The lowest BCUT2D eigenvalue weighted by atomic mass is 10.0. The van der Waals surface area contributed by atoms with Gasteiger partial charge in [-0.2, -0.15) is 0 Å². The number of hydrogen-bond acceptors (Lipinski definition) is 1. The van der Waals surface area contributed by atoms with Crippen molar-refractivity contribution in [3.05, 3.63) is 12.2 Å². The van der Waals surface area contributed by atoms with E-state index in [0.29, 0.717) is 6.42 Å². The standard InChI is InChI=1S/C28H54O2/c1-2-3-4-5-6-7-8-9-10-11-12-13-14-15-16-17-18-19-20-21-22-23-24-25-26-27-28(29)30/h18-19H,2-17,20-27H2,1H3,(H,29,30)/b19-18+. The Morgan fingerprint density at radius 3 is 1.13 bits per heavy atom. The average Bonchev–Trinajstić information content (AvgIpc) is 2.73. The summed E-state index contributed by atoms with van der Waals surface area (Å²) >= 11 is 0. The Kier molecular flexibility index (Phi) is 25.6. The molecule has 178 valence electrons. The lowest BCUT2D eigenvalue weighted by molar-refractivity contribution is -0.137. The fraction of sp³-hybridized carbons (Fsp3) is 0.893. The molecule has 0 amide bonds. The van der Waals surface area contributed by atoms with Crippen LogP contribution in [0, 0.1) is 0 Å². The molecule has 0 heterocycles. The number of unbranched alkanes of at least 4 members (excludes halogenated alkanes) is 21. The van der Waals surface area contributed by atoms with E-state index >= 15 is 0 Å². The molecule has 0 aromatic heterocycles. The molecule has 0 atom stereocenters. The molecule has 0 rings (SSSR count). The van der Waals surface area contributed by atoms with Crippen LogP contribution >= 0.6 is 0 Å². The van der Waals surface area contributed by atoms with Crippen molar-refractivity contribution in [2.45, 2.75) is 161 Å². The second-order valence-electron chi connectivity index (χ2n) is 9.26. The molecule has 0 fully saturated rings. The van der Waals surface area contributed by atoms with Crippen molar-refractivity contribution in [3.63, 3.8) is 0 Å². The molecular formula is C28H54O2. The minimum absolute atomic E-state index is 0.335. The van der Waals surface area contributed by atoms with Crippen LogP contribution in [0.5, 0.6) is 0 Å². The quantitative estimate of drug-likeness (QED) is 0.117. The van der Waals surface area contributed by atoms with Crippen molar-refractivity contribution in [1.82, 2.24) is 0 Å². The Morgan fingerprint density at radius 2 is 0.800 bits per heavy atom. The fourth-order valence-electron chi connectivity index (χ4n) is 4.11. The first-order chi connectivity index (χ1) is 14.8. The van der Waals surface area contributed by atoms with Gasteiger partial charge in [-0.1, -0.05) is 135 Å². The van der Waals surface area contributed by atoms with Gasteiger partial charge >= 0.3 is 5.97 Å². The maximum absolute atomic E-state index is 10.4. The van der Waals surface area contributed by atoms with Gasteiger partial charge in [0.2, 0.25) is 0 Å². The largest absolute Gasteiger partial charge is 0.481 e. The topological polar surface area (TPSA) is 37.3 Å². The molecule has 1 N–H and O–H groups in total. The van der Waals surface area contributed by atoms with E-state index in [2.05, 4.69) is 19.1 Å². The van der Waals surface area contributed by atoms with Gasteiger partial charge in [0.05, 0.1) is 0 Å². The highest BCUT2D eigenvalue weighted by molar-refractivity contribution is 5.66. The van der Waals surface area contributed by atoms with Gasteiger partial charge < -0.3 is 5.11 Å². The third kappa shape index (κ3) is 27.2. The van der Waals surface area contributed by atoms with Gasteiger partial charge in [0.25, 0.3) is 0 Å². The van der Waals surface area contributed by atoms with Crippen LogP contribution in [-0.2, 0) is 4.79 Å². The van der Waals surface area contributed by atoms with Crippen LogP contribution in [0.4, 0.5) is 0 Å². The molecule has 2 heteroatoms. The molecule has 0 aromatic rings. The number of hydrogen-bond donors (Lipinski definition) is 1. The summed E-state index contributed by atoms with van der Waals surface area (Å²) in [4.78, 5) is 10.4. The van der Waals surface area contributed by atoms with E-state index in [1.165, 1.54) is 135 Å². The summed E-state index contributed by atoms with van der Waals surface area (Å²) in [6.07, 6.45) is 36.0. The van der Waals surface area contributed by atoms with Crippen molar-refractivity contribution in [1.29, 1.82) is 0 Å². The molecule has 0 spiro atoms. The third-order valence-corrected chi connectivity index (χ3v) is 6.15. The number of carbonyl (C=O) groups is 1. The Morgan fingerprint density at radius 1 is 0.500 bits per heavy atom. The zero-order valence-corrected chi connectivity index (χ0v) is 20.5. The van der Waals surface area contributed by atoms with Crippen LogP contribution in [0.25, 0.3) is 0 Å². The van der Waals surface area contributed by atoms with E-state index < -0.39 is 5.97 Å². The van der Waals surface area contributed by atoms with Crippen molar-refractivity contribution in [3.8, 4) is 0 Å². The molecule has 0 radical (unpaired) electrons. The van der Waals surface area contributed by atoms with E-state index in [1.807, 2.05) is 0 Å². The fourth-order valence-corrected chi connectivity index (χ4v) is 4.11. The predicted octanol–water partition coefficient (Wildman–Crippen LogP) is 10.0. The minimum atomic E-state index is -0.658. The summed E-state index contributed by atoms with van der Waals surface area (Å²) in [5, 5.41) is 8.59. The van der Waals surface area contributed by atoms with Gasteiger partial charge in [-0.15, -0.1) is 0 Å². The van der Waals surface area contributed by atoms with Crippen molar-refractivity contribution >= 4 is 5.97 Å². The monoisotopic (exact) mass is 422 g/mol. The van der Waals surface area contributed by atoms with E-state index in [9.17, 15) is 4.79 Å². The third-order valence-electron chi connectivity index (χ3n) is 6.15. The van der Waals surface area contributed by atoms with Crippen LogP contribution in [-0.4, -0.2) is 11.1 Å². The minimum Gasteiger partial charge on any atom is -0.481 e. The normalized spacial score (nSPS) is 11.5. The number of allylic oxidation sites excluding steroid dienone is 2. The molecule has 0 bridgehead atoms. The van der Waals surface area contributed by atoms with Crippen LogP contribution < -0.4 is 0 Å². The first-order valence-electron chi connectivity index (χ1n) is 13.6. The zero-order chi connectivity index (χ0) is 22.0. The van der Waals surface area contributed by atoms with Crippen molar-refractivity contribution in [2.24, 2.45) is 0 Å². The van der Waals surface area contributed by atoms with E-state index in [1.54, 1.807) is 0 Å². The molecule has 30 heavy (non-hydrogen) atoms. The number of aliphatic carboxylic acids is 1. The van der Waals surface area contributed by atoms with Gasteiger partial charge in [-0.05, 0) is 32.1 Å². The summed E-state index contributed by atoms with van der Waals surface area (Å²) < 4.78 is 0. The summed E-state index contributed by atoms with van der Waals surface area (Å²) in [5.41, 5.74) is 0. The van der Waals surface area contributed by atoms with Crippen molar-refractivity contribution < 1.29 is 9.90 Å². The molecule has 0 aliphatic rings. The number of carboxylic acid groups (broad SMARTS) is 1. The maximum atomic E-state index is 10.4. The van der Waals surface area contributed by atoms with Gasteiger partial charge in [0.15, 0.2) is 0 Å². The Bertz CT molecular complexity index is 362. The Balaban J connectivity index is 3.07. The van der Waals surface area contributed by atoms with Crippen LogP contribution in [0.3, 0.4) is 0 Å². The van der Waals surface area contributed by atoms with E-state index in [4.69, 9.17) is 5.11 Å². The highest BCUT2D eigenvalue weighted by Gasteiger charge is 1.96. The van der Waals surface area contributed by atoms with Crippen LogP contribution in [0.1, 0.15) is 161 Å². The van der Waals surface area contributed by atoms with E-state index in [-0.39, 0.29) is 0 Å². The second kappa shape index (κ2) is 26.2. The van der Waals surface area contributed by atoms with Gasteiger partial charge in [0.1, 0.15) is 0 Å². The summed E-state index contributed by atoms with van der Waals surface area (Å²) in [6, 6.07) is 0. The molecular weight excluding hydrogens is 368 g/mol. The van der Waals surface area contributed by atoms with Crippen LogP contribution in [0.15, 0.2) is 12.2 Å².